The second-order valence-electron chi connectivity index (χ2n) is 6.31. The second kappa shape index (κ2) is 13.2. The monoisotopic (exact) mass is 463 g/mol. The van der Waals surface area contributed by atoms with Gasteiger partial charge in [0.15, 0.2) is 0 Å². The van der Waals surface area contributed by atoms with Crippen molar-refractivity contribution in [2.45, 2.75) is 68.4 Å². The van der Waals surface area contributed by atoms with Gasteiger partial charge in [-0.25, -0.2) is 4.28 Å². The van der Waals surface area contributed by atoms with Gasteiger partial charge in [0.1, 0.15) is 34.9 Å². The molecule has 10 nitrogen and oxygen atoms in total. The van der Waals surface area contributed by atoms with Gasteiger partial charge < -0.3 is 25.2 Å². The largest absolute Gasteiger partial charge is 0.466 e. The number of aliphatic hydroxyl groups is 4. The molecule has 1 saturated heterocycles. The van der Waals surface area contributed by atoms with Crippen molar-refractivity contribution in [2.24, 2.45) is 5.16 Å². The average Bonchev–Trinajstić information content (AvgIpc) is 2.64. The van der Waals surface area contributed by atoms with E-state index in [4.69, 9.17) is 9.29 Å². The van der Waals surface area contributed by atoms with E-state index in [1.54, 1.807) is 11.8 Å². The topological polar surface area (TPSA) is 166 Å². The molecule has 1 rings (SSSR count). The lowest BCUT2D eigenvalue weighted by Gasteiger charge is -2.39. The fourth-order valence-corrected chi connectivity index (χ4v) is 4.40. The van der Waals surface area contributed by atoms with Crippen LogP contribution in [0.1, 0.15) is 38.5 Å². The molecule has 0 unspecified atom stereocenters. The fourth-order valence-electron chi connectivity index (χ4n) is 2.57. The van der Waals surface area contributed by atoms with Crippen LogP contribution in [0.5, 0.6) is 0 Å². The SMILES string of the molecule is CSCCCCCCCC(=NOS(=O)(=O)O)S[C@@H]1O[C@H](CO)[C@@H](O)[C@H](O)[C@H]1O. The molecule has 0 saturated carbocycles. The molecule has 1 aliphatic rings. The summed E-state index contributed by atoms with van der Waals surface area (Å²) >= 11 is 2.59. The smallest absolute Gasteiger partial charge is 0.394 e. The highest BCUT2D eigenvalue weighted by Crippen LogP contribution is 2.30. The van der Waals surface area contributed by atoms with Crippen molar-refractivity contribution >= 4 is 39.0 Å². The third-order valence-corrected chi connectivity index (χ3v) is 6.21. The lowest BCUT2D eigenvalue weighted by molar-refractivity contribution is -0.205. The summed E-state index contributed by atoms with van der Waals surface area (Å²) in [6.45, 7) is -0.577. The van der Waals surface area contributed by atoms with Crippen molar-refractivity contribution in [1.82, 2.24) is 0 Å². The summed E-state index contributed by atoms with van der Waals surface area (Å²) in [6.07, 6.45) is 1.45. The Morgan fingerprint density at radius 2 is 1.71 bits per heavy atom. The van der Waals surface area contributed by atoms with Crippen LogP contribution in [0.25, 0.3) is 0 Å². The van der Waals surface area contributed by atoms with Crippen molar-refractivity contribution in [3.05, 3.63) is 0 Å². The van der Waals surface area contributed by atoms with E-state index in [2.05, 4.69) is 9.44 Å². The number of rotatable bonds is 12. The molecule has 28 heavy (non-hydrogen) atoms. The van der Waals surface area contributed by atoms with E-state index in [0.717, 1.165) is 43.2 Å². The Morgan fingerprint density at radius 3 is 2.32 bits per heavy atom. The molecule has 13 heteroatoms. The first-order valence-corrected chi connectivity index (χ1v) is 12.5. The van der Waals surface area contributed by atoms with Gasteiger partial charge in [-0.2, -0.15) is 20.2 Å². The Hall–Kier alpha value is -0.120. The Bertz CT molecular complexity index is 573. The van der Waals surface area contributed by atoms with Crippen molar-refractivity contribution in [3.8, 4) is 0 Å². The number of hydrogen-bond donors (Lipinski definition) is 5. The maximum atomic E-state index is 10.8. The van der Waals surface area contributed by atoms with Gasteiger partial charge in [0.2, 0.25) is 0 Å². The van der Waals surface area contributed by atoms with E-state index >= 15 is 0 Å². The molecule has 1 heterocycles. The van der Waals surface area contributed by atoms with Crippen molar-refractivity contribution < 1.29 is 42.4 Å². The first-order chi connectivity index (χ1) is 13.2. The number of unbranched alkanes of at least 4 members (excludes halogenated alkanes) is 4. The third-order valence-electron chi connectivity index (χ3n) is 4.07. The van der Waals surface area contributed by atoms with Gasteiger partial charge >= 0.3 is 10.4 Å². The summed E-state index contributed by atoms with van der Waals surface area (Å²) < 4.78 is 39.7. The predicted molar refractivity (Wildman–Crippen MR) is 108 cm³/mol. The maximum absolute atomic E-state index is 10.8. The van der Waals surface area contributed by atoms with E-state index in [1.807, 2.05) is 6.26 Å². The molecule has 166 valence electrons. The highest BCUT2D eigenvalue weighted by Gasteiger charge is 2.44. The summed E-state index contributed by atoms with van der Waals surface area (Å²) in [7, 11) is -4.79. The predicted octanol–water partition coefficient (Wildman–Crippen LogP) is 0.356. The van der Waals surface area contributed by atoms with Crippen LogP contribution in [-0.4, -0.2) is 86.9 Å². The minimum Gasteiger partial charge on any atom is -0.394 e. The number of ether oxygens (including phenoxy) is 1. The molecule has 0 bridgehead atoms. The number of oxime groups is 1. The molecular formula is C15H29NO9S3. The van der Waals surface area contributed by atoms with Crippen LogP contribution >= 0.6 is 23.5 Å². The van der Waals surface area contributed by atoms with Gasteiger partial charge in [-0.05, 0) is 31.3 Å². The van der Waals surface area contributed by atoms with Crippen LogP contribution in [0.4, 0.5) is 0 Å². The molecule has 0 radical (unpaired) electrons. The highest BCUT2D eigenvalue weighted by molar-refractivity contribution is 8.14. The fraction of sp³-hybridized carbons (Fsp3) is 0.933. The van der Waals surface area contributed by atoms with Crippen LogP contribution in [0, 0.1) is 0 Å². The van der Waals surface area contributed by atoms with Crippen molar-refractivity contribution in [3.63, 3.8) is 0 Å². The Morgan fingerprint density at radius 1 is 1.07 bits per heavy atom. The quantitative estimate of drug-likeness (QED) is 0.0891. The Kier molecular flexibility index (Phi) is 12.3. The molecule has 5 atom stereocenters. The summed E-state index contributed by atoms with van der Waals surface area (Å²) in [6, 6.07) is 0. The summed E-state index contributed by atoms with van der Waals surface area (Å²) in [5, 5.41) is 42.5. The van der Waals surface area contributed by atoms with E-state index in [1.165, 1.54) is 0 Å². The lowest BCUT2D eigenvalue weighted by atomic mass is 10.0. The van der Waals surface area contributed by atoms with Gasteiger partial charge in [0.25, 0.3) is 0 Å². The third kappa shape index (κ3) is 9.59. The molecule has 1 aliphatic heterocycles. The molecule has 0 aliphatic carbocycles. The molecular weight excluding hydrogens is 434 g/mol. The number of nitrogens with zero attached hydrogens (tertiary/aromatic N) is 1. The van der Waals surface area contributed by atoms with Gasteiger partial charge in [0.05, 0.1) is 6.61 Å². The van der Waals surface area contributed by atoms with Crippen molar-refractivity contribution in [1.29, 1.82) is 0 Å². The number of hydrogen-bond acceptors (Lipinski definition) is 11. The lowest BCUT2D eigenvalue weighted by Crippen LogP contribution is -2.57. The molecule has 1 fully saturated rings. The van der Waals surface area contributed by atoms with E-state index in [9.17, 15) is 28.8 Å². The van der Waals surface area contributed by atoms with Crippen LogP contribution in [-0.2, 0) is 19.4 Å². The van der Waals surface area contributed by atoms with Crippen LogP contribution in [0.2, 0.25) is 0 Å². The van der Waals surface area contributed by atoms with Crippen LogP contribution < -0.4 is 0 Å². The van der Waals surface area contributed by atoms with Crippen molar-refractivity contribution in [2.75, 3.05) is 18.6 Å². The number of thioether (sulfide) groups is 2. The van der Waals surface area contributed by atoms with Crippen LogP contribution in [0.15, 0.2) is 5.16 Å². The highest BCUT2D eigenvalue weighted by atomic mass is 32.3. The maximum Gasteiger partial charge on any atom is 0.466 e. The second-order valence-corrected chi connectivity index (χ2v) is 9.47. The summed E-state index contributed by atoms with van der Waals surface area (Å²) in [5.41, 5.74) is -1.11. The molecule has 0 spiro atoms. The van der Waals surface area contributed by atoms with Gasteiger partial charge in [-0.1, -0.05) is 36.2 Å². The molecule has 0 aromatic carbocycles. The zero-order valence-electron chi connectivity index (χ0n) is 15.6. The first-order valence-electron chi connectivity index (χ1n) is 8.88. The molecule has 0 amide bonds. The van der Waals surface area contributed by atoms with Gasteiger partial charge in [0, 0.05) is 0 Å². The van der Waals surface area contributed by atoms with Gasteiger partial charge in [-0.3, -0.25) is 4.55 Å². The Labute approximate surface area is 173 Å². The zero-order chi connectivity index (χ0) is 21.2. The molecule has 0 aromatic rings. The van der Waals surface area contributed by atoms with Gasteiger partial charge in [-0.15, -0.1) is 0 Å². The average molecular weight is 464 g/mol. The van der Waals surface area contributed by atoms with E-state index < -0.39 is 46.9 Å². The first kappa shape index (κ1) is 25.9. The van der Waals surface area contributed by atoms with E-state index in [-0.39, 0.29) is 5.04 Å². The molecule has 0 aromatic heterocycles. The van der Waals surface area contributed by atoms with E-state index in [0.29, 0.717) is 12.8 Å². The minimum absolute atomic E-state index is 0.131. The summed E-state index contributed by atoms with van der Waals surface area (Å²) in [4.78, 5) is 0. The minimum atomic E-state index is -4.79. The zero-order valence-corrected chi connectivity index (χ0v) is 18.0. The standard InChI is InChI=1S/C15H29NO9S3/c1-26-8-6-4-2-3-5-7-11(16-25-28(21,22)23)27-15-14(20)13(19)12(18)10(9-17)24-15/h10,12-15,17-20H,2-9H2,1H3,(H,21,22,23)/t10-,12-,13+,14-,15+/m1/s1. The van der Waals surface area contributed by atoms with Crippen LogP contribution in [0.3, 0.4) is 0 Å². The Balaban J connectivity index is 2.66. The normalized spacial score (nSPS) is 29.1. The molecule has 5 N–H and O–H groups in total. The number of aliphatic hydroxyl groups excluding tert-OH is 4. The summed E-state index contributed by atoms with van der Waals surface area (Å²) in [5.74, 6) is 1.10.